The van der Waals surface area contributed by atoms with E-state index in [9.17, 15) is 9.59 Å². The van der Waals surface area contributed by atoms with Crippen LogP contribution in [-0.4, -0.2) is 74.1 Å². The Balaban J connectivity index is 1.41. The van der Waals surface area contributed by atoms with Crippen molar-refractivity contribution in [2.75, 3.05) is 33.9 Å². The highest BCUT2D eigenvalue weighted by molar-refractivity contribution is 5.69. The first-order valence-corrected chi connectivity index (χ1v) is 13.0. The third-order valence-corrected chi connectivity index (χ3v) is 7.05. The Kier molecular flexibility index (Phi) is 11.1. The Morgan fingerprint density at radius 2 is 1.77 bits per heavy atom. The summed E-state index contributed by atoms with van der Waals surface area (Å²) in [6, 6.07) is 6.36. The SMILES string of the molecule is COc1ccc(CCOC2CCCC[C@H]2N2CC[C@@H](OC(=O)CCCCCC(=O)O)C2)cc1OC. The van der Waals surface area contributed by atoms with E-state index in [1.165, 1.54) is 12.8 Å². The number of ether oxygens (including phenoxy) is 4. The summed E-state index contributed by atoms with van der Waals surface area (Å²) >= 11 is 0. The van der Waals surface area contributed by atoms with E-state index in [0.717, 1.165) is 62.3 Å². The van der Waals surface area contributed by atoms with Crippen molar-refractivity contribution in [2.45, 2.75) is 88.9 Å². The molecule has 3 atom stereocenters. The Hall–Kier alpha value is -2.32. The predicted molar refractivity (Wildman–Crippen MR) is 132 cm³/mol. The summed E-state index contributed by atoms with van der Waals surface area (Å²) in [5.41, 5.74) is 1.16. The van der Waals surface area contributed by atoms with Gasteiger partial charge in [0.15, 0.2) is 11.5 Å². The van der Waals surface area contributed by atoms with Crippen molar-refractivity contribution in [1.29, 1.82) is 0 Å². The largest absolute Gasteiger partial charge is 0.493 e. The third-order valence-electron chi connectivity index (χ3n) is 7.05. The van der Waals surface area contributed by atoms with Crippen molar-refractivity contribution in [1.82, 2.24) is 4.90 Å². The van der Waals surface area contributed by atoms with E-state index in [-0.39, 0.29) is 24.6 Å². The number of methoxy groups -OCH3 is 2. The summed E-state index contributed by atoms with van der Waals surface area (Å²) in [4.78, 5) is 25.2. The molecule has 0 bridgehead atoms. The maximum absolute atomic E-state index is 12.2. The van der Waals surface area contributed by atoms with Gasteiger partial charge in [-0.15, -0.1) is 0 Å². The number of carboxylic acid groups (broad SMARTS) is 1. The number of carbonyl (C=O) groups excluding carboxylic acids is 1. The summed E-state index contributed by atoms with van der Waals surface area (Å²) in [7, 11) is 3.28. The molecule has 0 radical (unpaired) electrons. The van der Waals surface area contributed by atoms with Crippen molar-refractivity contribution >= 4 is 11.9 Å². The number of esters is 1. The Labute approximate surface area is 208 Å². The van der Waals surface area contributed by atoms with Crippen molar-refractivity contribution in [3.63, 3.8) is 0 Å². The zero-order valence-corrected chi connectivity index (χ0v) is 21.2. The number of carboxylic acids is 1. The van der Waals surface area contributed by atoms with Crippen LogP contribution in [0.1, 0.15) is 69.8 Å². The maximum atomic E-state index is 12.2. The average molecular weight is 492 g/mol. The van der Waals surface area contributed by atoms with E-state index >= 15 is 0 Å². The van der Waals surface area contributed by atoms with Crippen molar-refractivity contribution in [2.24, 2.45) is 0 Å². The lowest BCUT2D eigenvalue weighted by atomic mass is 9.91. The van der Waals surface area contributed by atoms with Crippen molar-refractivity contribution in [3.8, 4) is 11.5 Å². The molecule has 0 aromatic heterocycles. The Morgan fingerprint density at radius 3 is 2.54 bits per heavy atom. The molecule has 1 N–H and O–H groups in total. The van der Waals surface area contributed by atoms with Gasteiger partial charge in [-0.1, -0.05) is 25.3 Å². The lowest BCUT2D eigenvalue weighted by Gasteiger charge is -2.37. The van der Waals surface area contributed by atoms with Gasteiger partial charge in [0, 0.05) is 32.0 Å². The average Bonchev–Trinajstić information content (AvgIpc) is 3.32. The molecule has 35 heavy (non-hydrogen) atoms. The number of hydrogen-bond acceptors (Lipinski definition) is 7. The summed E-state index contributed by atoms with van der Waals surface area (Å²) in [6.07, 6.45) is 8.94. The van der Waals surface area contributed by atoms with Gasteiger partial charge in [-0.3, -0.25) is 14.5 Å². The fourth-order valence-electron chi connectivity index (χ4n) is 5.17. The van der Waals surface area contributed by atoms with Gasteiger partial charge in [-0.05, 0) is 56.2 Å². The number of unbranched alkanes of at least 4 members (excludes halogenated alkanes) is 2. The van der Waals surface area contributed by atoms with Crippen LogP contribution in [-0.2, 0) is 25.5 Å². The van der Waals surface area contributed by atoms with Crippen LogP contribution in [0.3, 0.4) is 0 Å². The van der Waals surface area contributed by atoms with Gasteiger partial charge < -0.3 is 24.1 Å². The molecule has 1 saturated heterocycles. The fourth-order valence-corrected chi connectivity index (χ4v) is 5.17. The first-order valence-electron chi connectivity index (χ1n) is 13.0. The molecule has 1 heterocycles. The summed E-state index contributed by atoms with van der Waals surface area (Å²) in [6.45, 7) is 2.35. The van der Waals surface area contributed by atoms with Gasteiger partial charge in [-0.25, -0.2) is 0 Å². The zero-order valence-electron chi connectivity index (χ0n) is 21.2. The molecule has 0 spiro atoms. The second-order valence-corrected chi connectivity index (χ2v) is 9.55. The molecule has 2 fully saturated rings. The summed E-state index contributed by atoms with van der Waals surface area (Å²) in [5.74, 6) is 0.508. The standard InChI is InChI=1S/C27H41NO7/c1-32-24-13-12-20(18-25(24)33-2)15-17-34-23-9-7-6-8-22(23)28-16-14-21(19-28)35-27(31)11-5-3-4-10-26(29)30/h12-13,18,21-23H,3-11,14-17,19H2,1-2H3,(H,29,30)/t21-,22-,23?/m1/s1. The Morgan fingerprint density at radius 1 is 1.00 bits per heavy atom. The van der Waals surface area contributed by atoms with Crippen LogP contribution in [0.2, 0.25) is 0 Å². The molecule has 196 valence electrons. The lowest BCUT2D eigenvalue weighted by Crippen LogP contribution is -2.46. The molecule has 1 saturated carbocycles. The van der Waals surface area contributed by atoms with E-state index in [2.05, 4.69) is 11.0 Å². The molecule has 1 aromatic rings. The number of likely N-dealkylation sites (tertiary alicyclic amines) is 1. The first kappa shape index (κ1) is 27.3. The molecule has 1 unspecified atom stereocenters. The van der Waals surface area contributed by atoms with Gasteiger partial charge in [0.05, 0.1) is 26.9 Å². The number of aliphatic carboxylic acids is 1. The predicted octanol–water partition coefficient (Wildman–Crippen LogP) is 4.23. The molecule has 8 heteroatoms. The summed E-state index contributed by atoms with van der Waals surface area (Å²) < 4.78 is 22.8. The number of rotatable bonds is 14. The molecular formula is C27H41NO7. The number of carbonyl (C=O) groups is 2. The van der Waals surface area contributed by atoms with Gasteiger partial charge in [0.25, 0.3) is 0 Å². The fraction of sp³-hybridized carbons (Fsp3) is 0.704. The summed E-state index contributed by atoms with van der Waals surface area (Å²) in [5, 5.41) is 8.69. The van der Waals surface area contributed by atoms with Crippen LogP contribution in [0.4, 0.5) is 0 Å². The zero-order chi connectivity index (χ0) is 25.0. The second kappa shape index (κ2) is 14.3. The van der Waals surface area contributed by atoms with E-state index < -0.39 is 5.97 Å². The van der Waals surface area contributed by atoms with Crippen LogP contribution in [0.5, 0.6) is 11.5 Å². The second-order valence-electron chi connectivity index (χ2n) is 9.55. The van der Waals surface area contributed by atoms with Gasteiger partial charge in [0.2, 0.25) is 0 Å². The monoisotopic (exact) mass is 491 g/mol. The molecular weight excluding hydrogens is 450 g/mol. The quantitative estimate of drug-likeness (QED) is 0.305. The third kappa shape index (κ3) is 8.69. The number of nitrogens with zero attached hydrogens (tertiary/aromatic N) is 1. The van der Waals surface area contributed by atoms with Crippen LogP contribution in [0.25, 0.3) is 0 Å². The lowest BCUT2D eigenvalue weighted by molar-refractivity contribution is -0.148. The molecule has 0 amide bonds. The highest BCUT2D eigenvalue weighted by atomic mass is 16.5. The molecule has 2 aliphatic rings. The highest BCUT2D eigenvalue weighted by Crippen LogP contribution is 2.30. The van der Waals surface area contributed by atoms with Crippen LogP contribution >= 0.6 is 0 Å². The van der Waals surface area contributed by atoms with Crippen LogP contribution < -0.4 is 9.47 Å². The molecule has 1 aromatic carbocycles. The van der Waals surface area contributed by atoms with E-state index in [1.807, 2.05) is 12.1 Å². The van der Waals surface area contributed by atoms with E-state index in [1.54, 1.807) is 14.2 Å². The molecule has 1 aliphatic heterocycles. The topological polar surface area (TPSA) is 94.5 Å². The molecule has 3 rings (SSSR count). The van der Waals surface area contributed by atoms with Gasteiger partial charge >= 0.3 is 11.9 Å². The van der Waals surface area contributed by atoms with E-state index in [0.29, 0.717) is 31.9 Å². The number of benzene rings is 1. The Bertz CT molecular complexity index is 815. The smallest absolute Gasteiger partial charge is 0.306 e. The van der Waals surface area contributed by atoms with Crippen LogP contribution in [0.15, 0.2) is 18.2 Å². The van der Waals surface area contributed by atoms with Crippen molar-refractivity contribution in [3.05, 3.63) is 23.8 Å². The van der Waals surface area contributed by atoms with Gasteiger partial charge in [-0.2, -0.15) is 0 Å². The minimum Gasteiger partial charge on any atom is -0.493 e. The molecule has 8 nitrogen and oxygen atoms in total. The first-order chi connectivity index (χ1) is 17.0. The molecule has 1 aliphatic carbocycles. The van der Waals surface area contributed by atoms with Gasteiger partial charge in [0.1, 0.15) is 6.10 Å². The minimum atomic E-state index is -0.787. The highest BCUT2D eigenvalue weighted by Gasteiger charge is 2.36. The number of hydrogen-bond donors (Lipinski definition) is 1. The minimum absolute atomic E-state index is 0.0594. The van der Waals surface area contributed by atoms with Crippen LogP contribution in [0, 0.1) is 0 Å². The van der Waals surface area contributed by atoms with Crippen molar-refractivity contribution < 1.29 is 33.6 Å². The maximum Gasteiger partial charge on any atom is 0.306 e. The van der Waals surface area contributed by atoms with E-state index in [4.69, 9.17) is 24.1 Å². The normalized spacial score (nSPS) is 22.6.